The third-order valence-corrected chi connectivity index (χ3v) is 4.72. The van der Waals surface area contributed by atoms with E-state index in [4.69, 9.17) is 0 Å². The smallest absolute Gasteiger partial charge is 0.293 e. The molecule has 0 bridgehead atoms. The van der Waals surface area contributed by atoms with E-state index in [-0.39, 0.29) is 5.56 Å². The molecule has 2 aromatic heterocycles. The summed E-state index contributed by atoms with van der Waals surface area (Å²) in [6.45, 7) is 3.63. The molecule has 1 aliphatic rings. The zero-order valence-corrected chi connectivity index (χ0v) is 13.9. The van der Waals surface area contributed by atoms with Crippen LogP contribution >= 0.6 is 0 Å². The second-order valence-electron chi connectivity index (χ2n) is 6.26. The number of aromatic amines is 1. The molecule has 1 aromatic carbocycles. The highest BCUT2D eigenvalue weighted by molar-refractivity contribution is 5.94. The molecule has 0 fully saturated rings. The van der Waals surface area contributed by atoms with Crippen LogP contribution in [0.5, 0.6) is 0 Å². The van der Waals surface area contributed by atoms with Crippen molar-refractivity contribution in [2.45, 2.75) is 13.3 Å². The number of benzene rings is 1. The van der Waals surface area contributed by atoms with Crippen LogP contribution in [0.15, 0.2) is 47.5 Å². The van der Waals surface area contributed by atoms with E-state index in [0.717, 1.165) is 13.0 Å². The number of hydrogen-bond acceptors (Lipinski definition) is 3. The number of H-pyrrole nitrogens is 1. The lowest BCUT2D eigenvalue weighted by Gasteiger charge is -2.27. The Hall–Kier alpha value is -2.82. The summed E-state index contributed by atoms with van der Waals surface area (Å²) in [4.78, 5) is 22.0. The lowest BCUT2D eigenvalue weighted by molar-refractivity contribution is 0.770. The summed E-state index contributed by atoms with van der Waals surface area (Å²) in [6.07, 6.45) is 6.49. The number of para-hydroxylation sites is 1. The molecule has 0 amide bonds. The highest BCUT2D eigenvalue weighted by atomic mass is 16.1. The molecule has 4 rings (SSSR count). The molecule has 122 valence electrons. The fourth-order valence-corrected chi connectivity index (χ4v) is 3.48. The van der Waals surface area contributed by atoms with E-state index >= 15 is 0 Å². The van der Waals surface area contributed by atoms with Gasteiger partial charge in [0, 0.05) is 54.7 Å². The molecule has 1 aliphatic heterocycles. The van der Waals surface area contributed by atoms with Gasteiger partial charge in [-0.3, -0.25) is 4.79 Å². The molecule has 3 aromatic rings. The first-order valence-corrected chi connectivity index (χ1v) is 8.18. The molecule has 1 N–H and O–H groups in total. The van der Waals surface area contributed by atoms with Gasteiger partial charge in [-0.2, -0.15) is 0 Å². The molecule has 3 heterocycles. The third-order valence-electron chi connectivity index (χ3n) is 4.72. The fraction of sp³-hybridized carbons (Fsp3) is 0.263. The minimum atomic E-state index is -0.0439. The molecule has 0 spiro atoms. The van der Waals surface area contributed by atoms with E-state index in [1.54, 1.807) is 24.0 Å². The Balaban J connectivity index is 1.68. The van der Waals surface area contributed by atoms with Crippen LogP contribution in [0.25, 0.3) is 16.5 Å². The van der Waals surface area contributed by atoms with Gasteiger partial charge in [0.2, 0.25) is 0 Å². The summed E-state index contributed by atoms with van der Waals surface area (Å²) >= 11 is 0. The van der Waals surface area contributed by atoms with Crippen molar-refractivity contribution in [3.63, 3.8) is 0 Å². The van der Waals surface area contributed by atoms with Gasteiger partial charge in [0.25, 0.3) is 5.56 Å². The standard InChI is InChI=1S/C19H20N4O/c1-13-17(15-5-3-4-6-16(15)21-13)14-7-10-23(11-8-14)18-19(24)22(2)12-9-20-18/h3-7,9,12,21H,8,10-11H2,1-2H3. The van der Waals surface area contributed by atoms with Crippen molar-refractivity contribution in [2.24, 2.45) is 7.05 Å². The molecule has 0 saturated heterocycles. The van der Waals surface area contributed by atoms with Crippen molar-refractivity contribution in [1.82, 2.24) is 14.5 Å². The second-order valence-corrected chi connectivity index (χ2v) is 6.26. The van der Waals surface area contributed by atoms with Crippen LogP contribution in [0.1, 0.15) is 17.7 Å². The minimum Gasteiger partial charge on any atom is -0.358 e. The van der Waals surface area contributed by atoms with Crippen LogP contribution < -0.4 is 10.5 Å². The van der Waals surface area contributed by atoms with Crippen molar-refractivity contribution in [3.8, 4) is 0 Å². The summed E-state index contributed by atoms with van der Waals surface area (Å²) in [5.74, 6) is 0.533. The number of aryl methyl sites for hydroxylation is 2. The monoisotopic (exact) mass is 320 g/mol. The molecule has 0 atom stereocenters. The van der Waals surface area contributed by atoms with E-state index < -0.39 is 0 Å². The zero-order chi connectivity index (χ0) is 16.7. The number of nitrogens with one attached hydrogen (secondary N) is 1. The summed E-state index contributed by atoms with van der Waals surface area (Å²) < 4.78 is 1.57. The number of hydrogen-bond donors (Lipinski definition) is 1. The zero-order valence-electron chi connectivity index (χ0n) is 13.9. The Morgan fingerprint density at radius 1 is 1.25 bits per heavy atom. The normalized spacial score (nSPS) is 14.9. The van der Waals surface area contributed by atoms with E-state index in [2.05, 4.69) is 52.1 Å². The summed E-state index contributed by atoms with van der Waals surface area (Å²) in [5.41, 5.74) is 4.97. The topological polar surface area (TPSA) is 53.9 Å². The van der Waals surface area contributed by atoms with Crippen LogP contribution in [0.3, 0.4) is 0 Å². The predicted molar refractivity (Wildman–Crippen MR) is 97.3 cm³/mol. The maximum Gasteiger partial charge on any atom is 0.293 e. The van der Waals surface area contributed by atoms with Crippen LogP contribution in [0.2, 0.25) is 0 Å². The quantitative estimate of drug-likeness (QED) is 0.790. The van der Waals surface area contributed by atoms with Gasteiger partial charge in [0.05, 0.1) is 0 Å². The Bertz CT molecular complexity index is 996. The van der Waals surface area contributed by atoms with Gasteiger partial charge in [-0.25, -0.2) is 4.98 Å². The Morgan fingerprint density at radius 3 is 2.88 bits per heavy atom. The Labute approximate surface area is 140 Å². The van der Waals surface area contributed by atoms with Crippen molar-refractivity contribution >= 4 is 22.3 Å². The SMILES string of the molecule is Cc1[nH]c2ccccc2c1C1=CCN(c2nccn(C)c2=O)CC1. The fourth-order valence-electron chi connectivity index (χ4n) is 3.48. The van der Waals surface area contributed by atoms with Gasteiger partial charge in [0.15, 0.2) is 5.82 Å². The van der Waals surface area contributed by atoms with Crippen LogP contribution in [-0.4, -0.2) is 27.6 Å². The molecule has 24 heavy (non-hydrogen) atoms. The molecular formula is C19H20N4O. The van der Waals surface area contributed by atoms with E-state index in [0.29, 0.717) is 12.4 Å². The van der Waals surface area contributed by atoms with Crippen LogP contribution in [0, 0.1) is 6.92 Å². The lowest BCUT2D eigenvalue weighted by atomic mass is 9.97. The van der Waals surface area contributed by atoms with Crippen LogP contribution in [0.4, 0.5) is 5.82 Å². The summed E-state index contributed by atoms with van der Waals surface area (Å²) in [7, 11) is 1.76. The maximum absolute atomic E-state index is 12.2. The molecule has 0 aliphatic carbocycles. The third kappa shape index (κ3) is 2.33. The first kappa shape index (κ1) is 14.8. The minimum absolute atomic E-state index is 0.0439. The molecule has 0 radical (unpaired) electrons. The Kier molecular flexibility index (Phi) is 3.49. The van der Waals surface area contributed by atoms with E-state index in [9.17, 15) is 4.79 Å². The van der Waals surface area contributed by atoms with Crippen molar-refractivity contribution in [3.05, 3.63) is 64.3 Å². The van der Waals surface area contributed by atoms with Gasteiger partial charge in [-0.15, -0.1) is 0 Å². The first-order chi connectivity index (χ1) is 11.6. The van der Waals surface area contributed by atoms with Gasteiger partial charge >= 0.3 is 0 Å². The largest absolute Gasteiger partial charge is 0.358 e. The molecular weight excluding hydrogens is 300 g/mol. The second kappa shape index (κ2) is 5.67. The van der Waals surface area contributed by atoms with E-state index in [1.807, 2.05) is 0 Å². The highest BCUT2D eigenvalue weighted by Crippen LogP contribution is 2.32. The lowest BCUT2D eigenvalue weighted by Crippen LogP contribution is -2.35. The number of anilines is 1. The van der Waals surface area contributed by atoms with E-state index in [1.165, 1.54) is 27.7 Å². The van der Waals surface area contributed by atoms with Crippen LogP contribution in [-0.2, 0) is 7.05 Å². The molecule has 5 nitrogen and oxygen atoms in total. The number of rotatable bonds is 2. The first-order valence-electron chi connectivity index (χ1n) is 8.18. The van der Waals surface area contributed by atoms with Crippen molar-refractivity contribution < 1.29 is 0 Å². The van der Waals surface area contributed by atoms with Gasteiger partial charge in [-0.1, -0.05) is 24.3 Å². The van der Waals surface area contributed by atoms with Gasteiger partial charge in [-0.05, 0) is 25.0 Å². The number of nitrogens with zero attached hydrogens (tertiary/aromatic N) is 3. The molecule has 0 unspecified atom stereocenters. The summed E-state index contributed by atoms with van der Waals surface area (Å²) in [5, 5.41) is 1.27. The number of fused-ring (bicyclic) bond motifs is 1. The average Bonchev–Trinajstić information content (AvgIpc) is 2.93. The number of aromatic nitrogens is 3. The molecule has 0 saturated carbocycles. The predicted octanol–water partition coefficient (Wildman–Crippen LogP) is 2.86. The van der Waals surface area contributed by atoms with Crippen molar-refractivity contribution in [1.29, 1.82) is 0 Å². The molecule has 5 heteroatoms. The van der Waals surface area contributed by atoms with Gasteiger partial charge in [0.1, 0.15) is 0 Å². The van der Waals surface area contributed by atoms with Crippen molar-refractivity contribution in [2.75, 3.05) is 18.0 Å². The average molecular weight is 320 g/mol. The highest BCUT2D eigenvalue weighted by Gasteiger charge is 2.20. The Morgan fingerprint density at radius 2 is 2.08 bits per heavy atom. The summed E-state index contributed by atoms with van der Waals surface area (Å²) in [6, 6.07) is 8.40. The maximum atomic E-state index is 12.2. The van der Waals surface area contributed by atoms with Gasteiger partial charge < -0.3 is 14.5 Å².